The Labute approximate surface area is 113 Å². The highest BCUT2D eigenvalue weighted by Crippen LogP contribution is 2.28. The number of fused-ring (bicyclic) bond motifs is 1. The molecule has 0 N–H and O–H groups in total. The lowest BCUT2D eigenvalue weighted by Crippen LogP contribution is -1.86. The highest BCUT2D eigenvalue weighted by atomic mass is 32.2. The molecular formula is C13H11N3S2. The van der Waals surface area contributed by atoms with E-state index in [1.807, 2.05) is 19.2 Å². The van der Waals surface area contributed by atoms with Gasteiger partial charge in [0, 0.05) is 17.3 Å². The van der Waals surface area contributed by atoms with Crippen molar-refractivity contribution in [1.29, 1.82) is 0 Å². The van der Waals surface area contributed by atoms with E-state index in [0.29, 0.717) is 0 Å². The molecule has 0 spiro atoms. The van der Waals surface area contributed by atoms with Gasteiger partial charge < -0.3 is 0 Å². The number of hydrogen-bond donors (Lipinski definition) is 0. The molecule has 3 rings (SSSR count). The molecule has 0 bridgehead atoms. The number of pyridine rings is 1. The Morgan fingerprint density at radius 2 is 2.06 bits per heavy atom. The maximum absolute atomic E-state index is 4.45. The van der Waals surface area contributed by atoms with E-state index in [1.54, 1.807) is 23.1 Å². The van der Waals surface area contributed by atoms with Crippen LogP contribution in [0.5, 0.6) is 0 Å². The number of benzene rings is 1. The number of nitrogens with zero attached hydrogens (tertiary/aromatic N) is 3. The Morgan fingerprint density at radius 1 is 1.17 bits per heavy atom. The van der Waals surface area contributed by atoms with E-state index < -0.39 is 0 Å². The predicted octanol–water partition coefficient (Wildman–Crippen LogP) is 3.69. The van der Waals surface area contributed by atoms with Crippen molar-refractivity contribution >= 4 is 34.0 Å². The van der Waals surface area contributed by atoms with Gasteiger partial charge in [-0.15, -0.1) is 10.2 Å². The third-order valence-electron chi connectivity index (χ3n) is 2.57. The van der Waals surface area contributed by atoms with Crippen LogP contribution >= 0.6 is 23.1 Å². The Morgan fingerprint density at radius 3 is 2.89 bits per heavy atom. The lowest BCUT2D eigenvalue weighted by Gasteiger charge is -2.03. The lowest BCUT2D eigenvalue weighted by atomic mass is 10.1. The molecule has 0 aliphatic rings. The number of aromatic nitrogens is 3. The van der Waals surface area contributed by atoms with Gasteiger partial charge in [0.1, 0.15) is 5.01 Å². The number of thioether (sulfide) groups is 1. The minimum absolute atomic E-state index is 0.878. The van der Waals surface area contributed by atoms with Crippen molar-refractivity contribution in [2.45, 2.75) is 17.0 Å². The molecule has 0 aliphatic heterocycles. The molecular weight excluding hydrogens is 262 g/mol. The molecule has 3 nitrogen and oxygen atoms in total. The predicted molar refractivity (Wildman–Crippen MR) is 76.0 cm³/mol. The van der Waals surface area contributed by atoms with Crippen LogP contribution in [0.2, 0.25) is 0 Å². The summed E-state index contributed by atoms with van der Waals surface area (Å²) in [5, 5.41) is 10.3. The van der Waals surface area contributed by atoms with Gasteiger partial charge in [-0.25, -0.2) is 0 Å². The van der Waals surface area contributed by atoms with Gasteiger partial charge in [0.25, 0.3) is 0 Å². The second-order valence-corrected chi connectivity index (χ2v) is 6.27. The highest BCUT2D eigenvalue weighted by molar-refractivity contribution is 8.00. The molecule has 0 atom stereocenters. The quantitative estimate of drug-likeness (QED) is 0.682. The molecule has 5 heteroatoms. The molecule has 0 saturated heterocycles. The Bertz CT molecular complexity index is 673. The maximum Gasteiger partial charge on any atom is 0.174 e. The molecule has 0 saturated carbocycles. The fraction of sp³-hybridized carbons (Fsp3) is 0.154. The molecule has 3 aromatic rings. The summed E-state index contributed by atoms with van der Waals surface area (Å²) in [6, 6.07) is 10.3. The summed E-state index contributed by atoms with van der Waals surface area (Å²) in [7, 11) is 0. The summed E-state index contributed by atoms with van der Waals surface area (Å²) in [6.45, 7) is 1.97. The van der Waals surface area contributed by atoms with Crippen LogP contribution in [0.3, 0.4) is 0 Å². The van der Waals surface area contributed by atoms with E-state index in [4.69, 9.17) is 0 Å². The summed E-state index contributed by atoms with van der Waals surface area (Å²) in [6.07, 6.45) is 1.84. The van der Waals surface area contributed by atoms with Crippen molar-refractivity contribution in [3.8, 4) is 0 Å². The van der Waals surface area contributed by atoms with Gasteiger partial charge in [0.05, 0.1) is 5.52 Å². The van der Waals surface area contributed by atoms with Crippen molar-refractivity contribution in [3.63, 3.8) is 0 Å². The van der Waals surface area contributed by atoms with Crippen molar-refractivity contribution in [2.75, 3.05) is 0 Å². The summed E-state index contributed by atoms with van der Waals surface area (Å²) in [5.74, 6) is 0.878. The topological polar surface area (TPSA) is 38.7 Å². The summed E-state index contributed by atoms with van der Waals surface area (Å²) in [4.78, 5) is 4.45. The summed E-state index contributed by atoms with van der Waals surface area (Å²) < 4.78 is 1.01. The van der Waals surface area contributed by atoms with E-state index in [2.05, 4.69) is 39.4 Å². The zero-order chi connectivity index (χ0) is 12.4. The fourth-order valence-electron chi connectivity index (χ4n) is 1.76. The first-order chi connectivity index (χ1) is 8.83. The SMILES string of the molecule is Cc1nnc(SCc2cccc3cccnc23)s1. The molecule has 2 heterocycles. The second-order valence-electron chi connectivity index (χ2n) is 3.87. The maximum atomic E-state index is 4.45. The third-order valence-corrected chi connectivity index (χ3v) is 4.60. The molecule has 0 aliphatic carbocycles. The third kappa shape index (κ3) is 2.37. The van der Waals surface area contributed by atoms with Gasteiger partial charge in [-0.1, -0.05) is 47.4 Å². The number of rotatable bonds is 3. The smallest absolute Gasteiger partial charge is 0.174 e. The van der Waals surface area contributed by atoms with E-state index in [-0.39, 0.29) is 0 Å². The number of hydrogen-bond acceptors (Lipinski definition) is 5. The molecule has 0 fully saturated rings. The molecule has 18 heavy (non-hydrogen) atoms. The van der Waals surface area contributed by atoms with Gasteiger partial charge >= 0.3 is 0 Å². The second kappa shape index (κ2) is 5.04. The molecule has 1 aromatic carbocycles. The Kier molecular flexibility index (Phi) is 3.25. The largest absolute Gasteiger partial charge is 0.256 e. The van der Waals surface area contributed by atoms with Gasteiger partial charge in [-0.2, -0.15) is 0 Å². The Hall–Kier alpha value is -1.46. The molecule has 0 unspecified atom stereocenters. The van der Waals surface area contributed by atoms with Crippen LogP contribution in [-0.4, -0.2) is 15.2 Å². The first-order valence-electron chi connectivity index (χ1n) is 5.58. The molecule has 90 valence electrons. The minimum atomic E-state index is 0.878. The van der Waals surface area contributed by atoms with Gasteiger partial charge in [-0.05, 0) is 18.6 Å². The minimum Gasteiger partial charge on any atom is -0.256 e. The van der Waals surface area contributed by atoms with Crippen molar-refractivity contribution < 1.29 is 0 Å². The van der Waals surface area contributed by atoms with Crippen molar-refractivity contribution in [1.82, 2.24) is 15.2 Å². The molecule has 2 aromatic heterocycles. The Balaban J connectivity index is 1.86. The van der Waals surface area contributed by atoms with E-state index >= 15 is 0 Å². The lowest BCUT2D eigenvalue weighted by molar-refractivity contribution is 0.984. The van der Waals surface area contributed by atoms with Crippen molar-refractivity contribution in [3.05, 3.63) is 47.1 Å². The van der Waals surface area contributed by atoms with Crippen LogP contribution < -0.4 is 0 Å². The fourth-order valence-corrected chi connectivity index (χ4v) is 3.56. The zero-order valence-corrected chi connectivity index (χ0v) is 11.5. The number of aryl methyl sites for hydroxylation is 1. The van der Waals surface area contributed by atoms with Gasteiger partial charge in [0.2, 0.25) is 0 Å². The monoisotopic (exact) mass is 273 g/mol. The van der Waals surface area contributed by atoms with E-state index in [1.165, 1.54) is 10.9 Å². The van der Waals surface area contributed by atoms with E-state index in [0.717, 1.165) is 20.6 Å². The van der Waals surface area contributed by atoms with Crippen LogP contribution in [-0.2, 0) is 5.75 Å². The molecule has 0 amide bonds. The summed E-state index contributed by atoms with van der Waals surface area (Å²) >= 11 is 3.35. The van der Waals surface area contributed by atoms with Crippen molar-refractivity contribution in [2.24, 2.45) is 0 Å². The normalized spacial score (nSPS) is 10.9. The van der Waals surface area contributed by atoms with Crippen LogP contribution in [0.25, 0.3) is 10.9 Å². The van der Waals surface area contributed by atoms with Gasteiger partial charge in [0.15, 0.2) is 4.34 Å². The number of para-hydroxylation sites is 1. The van der Waals surface area contributed by atoms with Crippen LogP contribution in [0.4, 0.5) is 0 Å². The average Bonchev–Trinajstić information content (AvgIpc) is 2.82. The van der Waals surface area contributed by atoms with Crippen LogP contribution in [0, 0.1) is 6.92 Å². The summed E-state index contributed by atoms with van der Waals surface area (Å²) in [5.41, 5.74) is 2.32. The van der Waals surface area contributed by atoms with Gasteiger partial charge in [-0.3, -0.25) is 4.98 Å². The first-order valence-corrected chi connectivity index (χ1v) is 7.39. The average molecular weight is 273 g/mol. The first kappa shape index (κ1) is 11.6. The van der Waals surface area contributed by atoms with Crippen LogP contribution in [0.1, 0.15) is 10.6 Å². The van der Waals surface area contributed by atoms with E-state index in [9.17, 15) is 0 Å². The molecule has 0 radical (unpaired) electrons. The highest BCUT2D eigenvalue weighted by Gasteiger charge is 2.05. The van der Waals surface area contributed by atoms with Crippen LogP contribution in [0.15, 0.2) is 40.9 Å². The standard InChI is InChI=1S/C13H11N3S2/c1-9-15-16-13(18-9)17-8-11-5-2-4-10-6-3-7-14-12(10)11/h2-7H,8H2,1H3. The zero-order valence-electron chi connectivity index (χ0n) is 9.83.